The van der Waals surface area contributed by atoms with Crippen molar-refractivity contribution in [2.45, 2.75) is 69.0 Å². The van der Waals surface area contributed by atoms with E-state index >= 15 is 0 Å². The number of nitrogens with zero attached hydrogens (tertiary/aromatic N) is 5. The Hall–Kier alpha value is -3.85. The van der Waals surface area contributed by atoms with Gasteiger partial charge in [-0.3, -0.25) is 14.4 Å². The highest BCUT2D eigenvalue weighted by atomic mass is 79.9. The van der Waals surface area contributed by atoms with Crippen LogP contribution in [0.25, 0.3) is 22.4 Å². The van der Waals surface area contributed by atoms with Gasteiger partial charge in [0.25, 0.3) is 15.7 Å². The summed E-state index contributed by atoms with van der Waals surface area (Å²) in [6.07, 6.45) is 5.87. The largest absolute Gasteiger partial charge is 0.442 e. The maximum absolute atomic E-state index is 14.8. The minimum Gasteiger partial charge on any atom is -0.442 e. The lowest BCUT2D eigenvalue weighted by molar-refractivity contribution is -0.387. The first kappa shape index (κ1) is 33.1. The minimum atomic E-state index is -4.46. The summed E-state index contributed by atoms with van der Waals surface area (Å²) in [5.74, 6) is 0.422. The third kappa shape index (κ3) is 6.91. The van der Waals surface area contributed by atoms with E-state index in [0.717, 1.165) is 46.4 Å². The molecule has 0 saturated carbocycles. The Morgan fingerprint density at radius 1 is 1.13 bits per heavy atom. The Bertz CT molecular complexity index is 2030. The number of nitro groups is 1. The van der Waals surface area contributed by atoms with Crippen LogP contribution in [0, 0.1) is 10.1 Å². The molecule has 5 aromatic rings. The fourth-order valence-electron chi connectivity index (χ4n) is 6.03. The van der Waals surface area contributed by atoms with Gasteiger partial charge < -0.3 is 9.15 Å². The molecular formula is C33H36BrN5O6SSi. The molecule has 11 nitrogen and oxygen atoms in total. The van der Waals surface area contributed by atoms with Gasteiger partial charge in [-0.25, -0.2) is 18.1 Å². The summed E-state index contributed by atoms with van der Waals surface area (Å²) in [6.45, 7) is 7.68. The number of anilines is 1. The maximum atomic E-state index is 14.8. The van der Waals surface area contributed by atoms with Crippen LogP contribution in [0.5, 0.6) is 0 Å². The van der Waals surface area contributed by atoms with Gasteiger partial charge in [0.2, 0.25) is 0 Å². The summed E-state index contributed by atoms with van der Waals surface area (Å²) in [4.78, 5) is 15.2. The highest BCUT2D eigenvalue weighted by Crippen LogP contribution is 2.43. The molecule has 2 heterocycles. The second kappa shape index (κ2) is 13.3. The van der Waals surface area contributed by atoms with Crippen molar-refractivity contribution < 1.29 is 22.5 Å². The molecule has 0 amide bonds. The standard InChI is InChI=1S/C33H36BrN5O6SSi/c1-47(2,3)17-16-44-22-37-28-15-13-25(19-27(28)33(36-37)31-20-35-21-45-31)38(46(42,43)32-11-7-6-10-30(32)39(40)41)29-9-5-4-8-23-18-24(34)12-14-26(23)29/h6-7,10-15,18-21,29H,4-5,8-9,16-17,22H2,1-3H3. The van der Waals surface area contributed by atoms with E-state index in [1.54, 1.807) is 23.0 Å². The molecule has 1 aliphatic carbocycles. The first-order valence-corrected chi connectivity index (χ1v) is 21.4. The number of fused-ring (bicyclic) bond motifs is 2. The maximum Gasteiger partial charge on any atom is 0.289 e. The van der Waals surface area contributed by atoms with E-state index in [1.807, 2.05) is 24.3 Å². The summed E-state index contributed by atoms with van der Waals surface area (Å²) in [5, 5.41) is 17.5. The molecule has 0 spiro atoms. The molecule has 1 atom stereocenters. The molecule has 47 heavy (non-hydrogen) atoms. The molecule has 2 aromatic heterocycles. The number of para-hydroxylation sites is 1. The summed E-state index contributed by atoms with van der Waals surface area (Å²) >= 11 is 3.57. The Balaban J connectivity index is 1.53. The van der Waals surface area contributed by atoms with Crippen LogP contribution in [-0.4, -0.2) is 42.8 Å². The molecule has 0 bridgehead atoms. The van der Waals surface area contributed by atoms with E-state index < -0.39 is 34.7 Å². The smallest absolute Gasteiger partial charge is 0.289 e. The second-order valence-electron chi connectivity index (χ2n) is 12.9. The van der Waals surface area contributed by atoms with Gasteiger partial charge in [0.15, 0.2) is 17.0 Å². The Morgan fingerprint density at radius 2 is 1.94 bits per heavy atom. The normalized spacial score (nSPS) is 15.4. The van der Waals surface area contributed by atoms with Crippen molar-refractivity contribution in [3.05, 3.63) is 99.0 Å². The van der Waals surface area contributed by atoms with Crippen molar-refractivity contribution in [3.8, 4) is 11.5 Å². The van der Waals surface area contributed by atoms with Crippen molar-refractivity contribution >= 4 is 56.3 Å². The number of oxazole rings is 1. The van der Waals surface area contributed by atoms with Crippen LogP contribution in [0.4, 0.5) is 11.4 Å². The molecule has 3 aromatic carbocycles. The zero-order chi connectivity index (χ0) is 33.3. The first-order chi connectivity index (χ1) is 22.4. The van der Waals surface area contributed by atoms with Crippen LogP contribution in [0.1, 0.15) is 36.4 Å². The number of benzene rings is 3. The average Bonchev–Trinajstić information content (AvgIpc) is 3.63. The number of halogens is 1. The summed E-state index contributed by atoms with van der Waals surface area (Å²) in [6, 6.07) is 17.1. The van der Waals surface area contributed by atoms with Crippen LogP contribution in [0.15, 0.2) is 87.0 Å². The van der Waals surface area contributed by atoms with Crippen LogP contribution < -0.4 is 4.31 Å². The van der Waals surface area contributed by atoms with Crippen LogP contribution in [-0.2, 0) is 27.9 Å². The van der Waals surface area contributed by atoms with Crippen LogP contribution in [0.2, 0.25) is 25.7 Å². The molecule has 0 saturated heterocycles. The van der Waals surface area contributed by atoms with E-state index in [2.05, 4.69) is 40.6 Å². The topological polar surface area (TPSA) is 134 Å². The average molecular weight is 739 g/mol. The number of aromatic nitrogens is 3. The third-order valence-electron chi connectivity index (χ3n) is 8.38. The number of rotatable bonds is 11. The van der Waals surface area contributed by atoms with Crippen molar-refractivity contribution in [2.24, 2.45) is 0 Å². The molecule has 246 valence electrons. The lowest BCUT2D eigenvalue weighted by Crippen LogP contribution is -2.35. The highest BCUT2D eigenvalue weighted by molar-refractivity contribution is 9.10. The summed E-state index contributed by atoms with van der Waals surface area (Å²) in [5.41, 5.74) is 3.00. The van der Waals surface area contributed by atoms with E-state index in [-0.39, 0.29) is 11.6 Å². The summed E-state index contributed by atoms with van der Waals surface area (Å²) < 4.78 is 45.3. The predicted molar refractivity (Wildman–Crippen MR) is 187 cm³/mol. The van der Waals surface area contributed by atoms with E-state index in [1.165, 1.54) is 35.0 Å². The minimum absolute atomic E-state index is 0.206. The number of hydrogen-bond acceptors (Lipinski definition) is 8. The quantitative estimate of drug-likeness (QED) is 0.0434. The fraction of sp³-hybridized carbons (Fsp3) is 0.333. The van der Waals surface area contributed by atoms with Gasteiger partial charge in [0.1, 0.15) is 12.4 Å². The number of sulfonamides is 1. The Morgan fingerprint density at radius 3 is 2.68 bits per heavy atom. The molecule has 14 heteroatoms. The highest BCUT2D eigenvalue weighted by Gasteiger charge is 2.38. The lowest BCUT2D eigenvalue weighted by atomic mass is 9.98. The van der Waals surface area contributed by atoms with Crippen molar-refractivity contribution in [3.63, 3.8) is 0 Å². The Kier molecular flexibility index (Phi) is 9.38. The van der Waals surface area contributed by atoms with Crippen LogP contribution in [0.3, 0.4) is 0 Å². The van der Waals surface area contributed by atoms with Crippen molar-refractivity contribution in [1.82, 2.24) is 14.8 Å². The van der Waals surface area contributed by atoms with Gasteiger partial charge in [-0.15, -0.1) is 0 Å². The van der Waals surface area contributed by atoms with E-state index in [4.69, 9.17) is 14.3 Å². The zero-order valence-electron chi connectivity index (χ0n) is 26.4. The molecule has 1 aliphatic rings. The SMILES string of the molecule is C[Si](C)(C)CCOCn1nc(-c2cnco2)c2cc(N(C3CCCCc4cc(Br)ccc43)S(=O)(=O)c3ccccc3[N+](=O)[O-])ccc21. The lowest BCUT2D eigenvalue weighted by Gasteiger charge is -2.33. The molecule has 6 rings (SSSR count). The predicted octanol–water partition coefficient (Wildman–Crippen LogP) is 8.34. The first-order valence-electron chi connectivity index (χ1n) is 15.5. The van der Waals surface area contributed by atoms with Gasteiger partial charge in [0, 0.05) is 30.6 Å². The third-order valence-corrected chi connectivity index (χ3v) is 12.5. The number of nitro benzene ring substituents is 1. The van der Waals surface area contributed by atoms with Crippen molar-refractivity contribution in [2.75, 3.05) is 10.9 Å². The number of aryl methyl sites for hydroxylation is 1. The van der Waals surface area contributed by atoms with Gasteiger partial charge >= 0.3 is 0 Å². The molecule has 0 fully saturated rings. The van der Waals surface area contributed by atoms with Gasteiger partial charge in [0.05, 0.1) is 28.4 Å². The molecule has 1 unspecified atom stereocenters. The van der Waals surface area contributed by atoms with E-state index in [9.17, 15) is 18.5 Å². The second-order valence-corrected chi connectivity index (χ2v) is 21.2. The molecule has 0 N–H and O–H groups in total. The fourth-order valence-corrected chi connectivity index (χ4v) is 9.01. The van der Waals surface area contributed by atoms with Gasteiger partial charge in [-0.1, -0.05) is 60.2 Å². The molecule has 0 aliphatic heterocycles. The monoisotopic (exact) mass is 737 g/mol. The molecule has 0 radical (unpaired) electrons. The van der Waals surface area contributed by atoms with Gasteiger partial charge in [-0.2, -0.15) is 5.10 Å². The van der Waals surface area contributed by atoms with Crippen molar-refractivity contribution in [1.29, 1.82) is 0 Å². The van der Waals surface area contributed by atoms with Crippen LogP contribution >= 0.6 is 15.9 Å². The Labute approximate surface area is 282 Å². The summed E-state index contributed by atoms with van der Waals surface area (Å²) in [7, 11) is -5.76. The number of hydrogen-bond donors (Lipinski definition) is 0. The zero-order valence-corrected chi connectivity index (χ0v) is 29.8. The van der Waals surface area contributed by atoms with Gasteiger partial charge in [-0.05, 0) is 72.8 Å². The van der Waals surface area contributed by atoms with E-state index in [0.29, 0.717) is 35.6 Å². The number of ether oxygens (including phenoxy) is 1. The molecular weight excluding hydrogens is 702 g/mol.